The fourth-order valence-corrected chi connectivity index (χ4v) is 3.76. The third-order valence-corrected chi connectivity index (χ3v) is 5.39. The van der Waals surface area contributed by atoms with Crippen LogP contribution < -0.4 is 11.1 Å². The zero-order valence-electron chi connectivity index (χ0n) is 15.9. The van der Waals surface area contributed by atoms with Gasteiger partial charge in [-0.05, 0) is 38.7 Å². The van der Waals surface area contributed by atoms with Gasteiger partial charge in [-0.25, -0.2) is 4.98 Å². The maximum absolute atomic E-state index is 13.3. The van der Waals surface area contributed by atoms with Crippen LogP contribution in [-0.2, 0) is 4.79 Å². The fraction of sp³-hybridized carbons (Fsp3) is 0.579. The Morgan fingerprint density at radius 2 is 2.14 bits per heavy atom. The number of halogens is 1. The van der Waals surface area contributed by atoms with Crippen molar-refractivity contribution in [3.63, 3.8) is 0 Å². The molecule has 1 unspecified atom stereocenters. The molecule has 3 N–H and O–H groups in total. The summed E-state index contributed by atoms with van der Waals surface area (Å²) < 4.78 is 5.34. The van der Waals surface area contributed by atoms with Crippen molar-refractivity contribution in [3.8, 4) is 0 Å². The zero-order valence-corrected chi connectivity index (χ0v) is 16.8. The third kappa shape index (κ3) is 3.98. The molecule has 8 nitrogen and oxygen atoms in total. The summed E-state index contributed by atoms with van der Waals surface area (Å²) in [7, 11) is 0. The maximum atomic E-state index is 13.3. The van der Waals surface area contributed by atoms with Gasteiger partial charge in [0.2, 0.25) is 5.91 Å². The lowest BCUT2D eigenvalue weighted by Gasteiger charge is -2.32. The van der Waals surface area contributed by atoms with Crippen molar-refractivity contribution in [1.82, 2.24) is 20.4 Å². The lowest BCUT2D eigenvalue weighted by molar-refractivity contribution is -0.126. The predicted molar refractivity (Wildman–Crippen MR) is 106 cm³/mol. The summed E-state index contributed by atoms with van der Waals surface area (Å²) in [5.41, 5.74) is 8.03. The Labute approximate surface area is 169 Å². The highest BCUT2D eigenvalue weighted by molar-refractivity contribution is 6.06. The minimum Gasteiger partial charge on any atom is -0.355 e. The molecule has 1 saturated heterocycles. The second-order valence-corrected chi connectivity index (χ2v) is 7.49. The van der Waals surface area contributed by atoms with Gasteiger partial charge in [0.05, 0.1) is 22.6 Å². The highest BCUT2D eigenvalue weighted by atomic mass is 35.5. The molecule has 2 aliphatic rings. The quantitative estimate of drug-likeness (QED) is 0.780. The van der Waals surface area contributed by atoms with E-state index in [4.69, 9.17) is 10.3 Å². The second-order valence-electron chi connectivity index (χ2n) is 7.49. The average molecular weight is 408 g/mol. The first kappa shape index (κ1) is 20.5. The summed E-state index contributed by atoms with van der Waals surface area (Å²) >= 11 is 0. The van der Waals surface area contributed by atoms with Crippen LogP contribution in [0.5, 0.6) is 0 Å². The van der Waals surface area contributed by atoms with Gasteiger partial charge in [-0.15, -0.1) is 12.4 Å². The van der Waals surface area contributed by atoms with Gasteiger partial charge in [-0.3, -0.25) is 9.59 Å². The van der Waals surface area contributed by atoms with Crippen LogP contribution in [0.25, 0.3) is 11.1 Å². The Morgan fingerprint density at radius 3 is 2.86 bits per heavy atom. The van der Waals surface area contributed by atoms with E-state index in [9.17, 15) is 9.59 Å². The molecule has 3 heterocycles. The number of hydrogen-bond donors (Lipinski definition) is 2. The van der Waals surface area contributed by atoms with E-state index in [1.54, 1.807) is 4.90 Å². The van der Waals surface area contributed by atoms with Crippen LogP contribution in [0.15, 0.2) is 10.6 Å². The van der Waals surface area contributed by atoms with E-state index in [-0.39, 0.29) is 30.1 Å². The topological polar surface area (TPSA) is 114 Å². The molecule has 28 heavy (non-hydrogen) atoms. The van der Waals surface area contributed by atoms with Gasteiger partial charge in [0.25, 0.3) is 11.6 Å². The summed E-state index contributed by atoms with van der Waals surface area (Å²) in [6.07, 6.45) is 3.77. The number of carbonyl (C=O) groups excluding carboxylic acids is 2. The third-order valence-electron chi connectivity index (χ3n) is 5.39. The number of likely N-dealkylation sites (tertiary alicyclic amines) is 1. The van der Waals surface area contributed by atoms with Gasteiger partial charge in [0.15, 0.2) is 0 Å². The van der Waals surface area contributed by atoms with E-state index in [1.165, 1.54) is 0 Å². The monoisotopic (exact) mass is 407 g/mol. The SMILES string of the molecule is Cc1noc2nc(C3CC3)cc(C(=O)N3CCCC(C(=O)NCCN)C3)c12.Cl. The number of nitrogens with two attached hydrogens (primary N) is 1. The van der Waals surface area contributed by atoms with Crippen molar-refractivity contribution in [1.29, 1.82) is 0 Å². The minimum atomic E-state index is -0.196. The lowest BCUT2D eigenvalue weighted by atomic mass is 9.96. The first-order chi connectivity index (χ1) is 13.1. The van der Waals surface area contributed by atoms with E-state index in [0.717, 1.165) is 31.4 Å². The van der Waals surface area contributed by atoms with Crippen molar-refractivity contribution in [2.45, 2.75) is 38.5 Å². The molecule has 1 saturated carbocycles. The summed E-state index contributed by atoms with van der Waals surface area (Å²) in [6, 6.07) is 1.89. The van der Waals surface area contributed by atoms with Crippen molar-refractivity contribution in [2.75, 3.05) is 26.2 Å². The number of pyridine rings is 1. The number of hydrogen-bond acceptors (Lipinski definition) is 6. The Kier molecular flexibility index (Phi) is 6.20. The van der Waals surface area contributed by atoms with Gasteiger partial charge < -0.3 is 20.5 Å². The Morgan fingerprint density at radius 1 is 1.36 bits per heavy atom. The molecule has 2 aromatic heterocycles. The first-order valence-corrected chi connectivity index (χ1v) is 9.62. The number of piperidine rings is 1. The molecule has 9 heteroatoms. The maximum Gasteiger partial charge on any atom is 0.259 e. The second kappa shape index (κ2) is 8.45. The summed E-state index contributed by atoms with van der Waals surface area (Å²) in [5.74, 6) is 0.102. The van der Waals surface area contributed by atoms with Crippen LogP contribution in [0.1, 0.15) is 53.3 Å². The summed E-state index contributed by atoms with van der Waals surface area (Å²) in [4.78, 5) is 31.9. The number of nitrogens with one attached hydrogen (secondary N) is 1. The van der Waals surface area contributed by atoms with E-state index in [0.29, 0.717) is 54.5 Å². The first-order valence-electron chi connectivity index (χ1n) is 9.62. The van der Waals surface area contributed by atoms with Crippen molar-refractivity contribution < 1.29 is 14.1 Å². The van der Waals surface area contributed by atoms with E-state index in [1.807, 2.05) is 13.0 Å². The molecule has 152 valence electrons. The molecule has 0 bridgehead atoms. The van der Waals surface area contributed by atoms with Crippen LogP contribution in [-0.4, -0.2) is 53.0 Å². The Hall–Kier alpha value is -2.19. The molecule has 0 aromatic carbocycles. The van der Waals surface area contributed by atoms with Gasteiger partial charge in [0, 0.05) is 37.8 Å². The number of aryl methyl sites for hydroxylation is 1. The summed E-state index contributed by atoms with van der Waals surface area (Å²) in [5, 5.41) is 7.51. The van der Waals surface area contributed by atoms with Gasteiger partial charge >= 0.3 is 0 Å². The molecule has 1 aliphatic heterocycles. The zero-order chi connectivity index (χ0) is 19.0. The molecule has 2 fully saturated rings. The smallest absolute Gasteiger partial charge is 0.259 e. The molecular formula is C19H26ClN5O3. The number of carbonyl (C=O) groups is 2. The molecule has 1 atom stereocenters. The van der Waals surface area contributed by atoms with Crippen LogP contribution in [0.2, 0.25) is 0 Å². The van der Waals surface area contributed by atoms with E-state index >= 15 is 0 Å². The Bertz CT molecular complexity index is 880. The van der Waals surface area contributed by atoms with Crippen molar-refractivity contribution >= 4 is 35.3 Å². The van der Waals surface area contributed by atoms with Gasteiger partial charge in [-0.2, -0.15) is 0 Å². The molecule has 0 spiro atoms. The van der Waals surface area contributed by atoms with Crippen LogP contribution >= 0.6 is 12.4 Å². The largest absolute Gasteiger partial charge is 0.355 e. The number of rotatable bonds is 5. The number of amides is 2. The molecular weight excluding hydrogens is 382 g/mol. The normalized spacial score (nSPS) is 19.4. The number of aromatic nitrogens is 2. The molecule has 1 aliphatic carbocycles. The molecule has 2 amide bonds. The van der Waals surface area contributed by atoms with Crippen LogP contribution in [0.3, 0.4) is 0 Å². The minimum absolute atomic E-state index is 0. The number of fused-ring (bicyclic) bond motifs is 1. The number of nitrogens with zero attached hydrogens (tertiary/aromatic N) is 3. The highest BCUT2D eigenvalue weighted by Crippen LogP contribution is 2.40. The molecule has 2 aromatic rings. The van der Waals surface area contributed by atoms with E-state index < -0.39 is 0 Å². The van der Waals surface area contributed by atoms with Gasteiger partial charge in [0.1, 0.15) is 0 Å². The molecule has 0 radical (unpaired) electrons. The molecule has 4 rings (SSSR count). The fourth-order valence-electron chi connectivity index (χ4n) is 3.76. The van der Waals surface area contributed by atoms with E-state index in [2.05, 4.69) is 15.5 Å². The summed E-state index contributed by atoms with van der Waals surface area (Å²) in [6.45, 7) is 3.75. The van der Waals surface area contributed by atoms with Gasteiger partial charge in [-0.1, -0.05) is 5.16 Å². The van der Waals surface area contributed by atoms with Crippen LogP contribution in [0, 0.1) is 12.8 Å². The average Bonchev–Trinajstić information content (AvgIpc) is 3.48. The Balaban J connectivity index is 0.00000225. The van der Waals surface area contributed by atoms with Crippen molar-refractivity contribution in [3.05, 3.63) is 23.0 Å². The predicted octanol–water partition coefficient (Wildman–Crippen LogP) is 1.76. The highest BCUT2D eigenvalue weighted by Gasteiger charge is 2.32. The van der Waals surface area contributed by atoms with Crippen LogP contribution in [0.4, 0.5) is 0 Å². The van der Waals surface area contributed by atoms with Crippen molar-refractivity contribution in [2.24, 2.45) is 11.7 Å². The standard InChI is InChI=1S/C19H25N5O3.ClH/c1-11-16-14(9-15(12-4-5-12)22-18(16)27-23-11)19(26)24-8-2-3-13(10-24)17(25)21-7-6-20;/h9,12-13H,2-8,10,20H2,1H3,(H,21,25);1H. The lowest BCUT2D eigenvalue weighted by Crippen LogP contribution is -2.46.